The number of benzene rings is 4. The minimum absolute atomic E-state index is 0.149. The van der Waals surface area contributed by atoms with E-state index in [0.717, 1.165) is 34.9 Å². The molecule has 4 rings (SSSR count). The Hall–Kier alpha value is -4.11. The molecule has 0 spiro atoms. The predicted octanol–water partition coefficient (Wildman–Crippen LogP) is 6.11. The van der Waals surface area contributed by atoms with Gasteiger partial charge in [0, 0.05) is 0 Å². The average Bonchev–Trinajstić information content (AvgIpc) is 2.91. The minimum atomic E-state index is -4.69. The standard InChI is InChI=1S/C29H25F3N2O3S/c1-21-11-8-9-18-26(21)28(22-12-4-2-5-13-22)33-27(35)20-34(38(36,37)25-16-6-3-7-17-25)24-15-10-14-23(19-24)29(30,31)32/h2-19,28H,20H2,1H3,(H,33,35)/t28-/m1/s1. The monoisotopic (exact) mass is 538 g/mol. The molecule has 0 bridgehead atoms. The maximum atomic E-state index is 13.6. The zero-order valence-electron chi connectivity index (χ0n) is 20.4. The summed E-state index contributed by atoms with van der Waals surface area (Å²) in [5, 5.41) is 2.89. The highest BCUT2D eigenvalue weighted by molar-refractivity contribution is 7.92. The van der Waals surface area contributed by atoms with Gasteiger partial charge in [-0.05, 0) is 53.9 Å². The van der Waals surface area contributed by atoms with Crippen LogP contribution in [-0.2, 0) is 21.0 Å². The maximum Gasteiger partial charge on any atom is 0.416 e. The van der Waals surface area contributed by atoms with Crippen molar-refractivity contribution >= 4 is 21.6 Å². The number of alkyl halides is 3. The van der Waals surface area contributed by atoms with Crippen LogP contribution in [0.15, 0.2) is 114 Å². The van der Waals surface area contributed by atoms with Crippen molar-refractivity contribution < 1.29 is 26.4 Å². The van der Waals surface area contributed by atoms with Crippen LogP contribution in [0.3, 0.4) is 0 Å². The highest BCUT2D eigenvalue weighted by Crippen LogP contribution is 2.33. The molecule has 4 aromatic rings. The molecule has 0 aliphatic carbocycles. The summed E-state index contributed by atoms with van der Waals surface area (Å²) in [7, 11) is -4.38. The van der Waals surface area contributed by atoms with Gasteiger partial charge in [0.25, 0.3) is 10.0 Å². The number of carbonyl (C=O) groups is 1. The molecular formula is C29H25F3N2O3S. The number of nitrogens with zero attached hydrogens (tertiary/aromatic N) is 1. The van der Waals surface area contributed by atoms with Crippen LogP contribution in [0, 0.1) is 6.92 Å². The summed E-state index contributed by atoms with van der Waals surface area (Å²) in [5.41, 5.74) is 1.19. The second-order valence-electron chi connectivity index (χ2n) is 8.64. The molecule has 0 saturated carbocycles. The third-order valence-corrected chi connectivity index (χ3v) is 7.81. The summed E-state index contributed by atoms with van der Waals surface area (Å²) in [6.07, 6.45) is -4.69. The quantitative estimate of drug-likeness (QED) is 0.294. The van der Waals surface area contributed by atoms with E-state index < -0.39 is 40.3 Å². The number of sulfonamides is 1. The van der Waals surface area contributed by atoms with Gasteiger partial charge in [0.1, 0.15) is 6.54 Å². The zero-order chi connectivity index (χ0) is 27.3. The van der Waals surface area contributed by atoms with Gasteiger partial charge in [-0.15, -0.1) is 0 Å². The molecule has 0 heterocycles. The maximum absolute atomic E-state index is 13.6. The summed E-state index contributed by atoms with van der Waals surface area (Å²) in [4.78, 5) is 13.3. The van der Waals surface area contributed by atoms with Gasteiger partial charge in [0.15, 0.2) is 0 Å². The molecular weight excluding hydrogens is 513 g/mol. The van der Waals surface area contributed by atoms with Gasteiger partial charge in [0.2, 0.25) is 5.91 Å². The van der Waals surface area contributed by atoms with Gasteiger partial charge in [0.05, 0.1) is 22.2 Å². The Morgan fingerprint density at radius 3 is 2.08 bits per heavy atom. The first-order chi connectivity index (χ1) is 18.1. The van der Waals surface area contributed by atoms with Crippen molar-refractivity contribution in [2.45, 2.75) is 24.0 Å². The number of halogens is 3. The fourth-order valence-electron chi connectivity index (χ4n) is 4.11. The highest BCUT2D eigenvalue weighted by Gasteiger charge is 2.33. The van der Waals surface area contributed by atoms with Gasteiger partial charge in [-0.1, -0.05) is 78.9 Å². The van der Waals surface area contributed by atoms with Crippen molar-refractivity contribution in [1.29, 1.82) is 0 Å². The Kier molecular flexibility index (Phi) is 7.87. The average molecular weight is 539 g/mol. The fourth-order valence-corrected chi connectivity index (χ4v) is 5.54. The van der Waals surface area contributed by atoms with Gasteiger partial charge in [-0.25, -0.2) is 8.42 Å². The molecule has 196 valence electrons. The number of rotatable bonds is 8. The molecule has 0 radical (unpaired) electrons. The van der Waals surface area contributed by atoms with E-state index >= 15 is 0 Å². The number of hydrogen-bond donors (Lipinski definition) is 1. The number of carbonyl (C=O) groups excluding carboxylic acids is 1. The third-order valence-electron chi connectivity index (χ3n) is 6.02. The van der Waals surface area contributed by atoms with E-state index in [1.807, 2.05) is 61.5 Å². The molecule has 9 heteroatoms. The van der Waals surface area contributed by atoms with Crippen molar-refractivity contribution in [2.75, 3.05) is 10.8 Å². The number of anilines is 1. The van der Waals surface area contributed by atoms with Crippen LogP contribution < -0.4 is 9.62 Å². The van der Waals surface area contributed by atoms with E-state index in [0.29, 0.717) is 4.31 Å². The summed E-state index contributed by atoms with van der Waals surface area (Å²) in [5.74, 6) is -0.681. The lowest BCUT2D eigenvalue weighted by molar-refractivity contribution is -0.137. The van der Waals surface area contributed by atoms with Gasteiger partial charge < -0.3 is 5.32 Å². The van der Waals surface area contributed by atoms with E-state index in [1.54, 1.807) is 6.07 Å². The fraction of sp³-hybridized carbons (Fsp3) is 0.138. The first-order valence-corrected chi connectivity index (χ1v) is 13.2. The van der Waals surface area contributed by atoms with Crippen LogP contribution >= 0.6 is 0 Å². The van der Waals surface area contributed by atoms with Crippen molar-refractivity contribution in [3.8, 4) is 0 Å². The van der Waals surface area contributed by atoms with Gasteiger partial charge in [-0.3, -0.25) is 9.10 Å². The van der Waals surface area contributed by atoms with E-state index in [9.17, 15) is 26.4 Å². The first kappa shape index (κ1) is 26.9. The molecule has 5 nitrogen and oxygen atoms in total. The van der Waals surface area contributed by atoms with Crippen molar-refractivity contribution in [3.63, 3.8) is 0 Å². The number of hydrogen-bond acceptors (Lipinski definition) is 3. The summed E-state index contributed by atoms with van der Waals surface area (Å²) in [6.45, 7) is 1.17. The smallest absolute Gasteiger partial charge is 0.344 e. The molecule has 0 aliphatic heterocycles. The van der Waals surface area contributed by atoms with Crippen LogP contribution in [0.5, 0.6) is 0 Å². The number of aryl methyl sites for hydroxylation is 1. The first-order valence-electron chi connectivity index (χ1n) is 11.7. The highest BCUT2D eigenvalue weighted by atomic mass is 32.2. The molecule has 0 saturated heterocycles. The summed E-state index contributed by atoms with van der Waals surface area (Å²) in [6, 6.07) is 27.2. The second kappa shape index (κ2) is 11.1. The topological polar surface area (TPSA) is 66.5 Å². The molecule has 38 heavy (non-hydrogen) atoms. The van der Waals surface area contributed by atoms with Crippen molar-refractivity contribution in [1.82, 2.24) is 5.32 Å². The number of amides is 1. The predicted molar refractivity (Wildman–Crippen MR) is 140 cm³/mol. The second-order valence-corrected chi connectivity index (χ2v) is 10.5. The van der Waals surface area contributed by atoms with Crippen LogP contribution in [0.25, 0.3) is 0 Å². The molecule has 1 N–H and O–H groups in total. The van der Waals surface area contributed by atoms with Crippen molar-refractivity contribution in [2.24, 2.45) is 0 Å². The lowest BCUT2D eigenvalue weighted by atomic mass is 9.95. The summed E-state index contributed by atoms with van der Waals surface area (Å²) >= 11 is 0. The van der Waals surface area contributed by atoms with Crippen LogP contribution in [0.2, 0.25) is 0 Å². The Morgan fingerprint density at radius 2 is 1.45 bits per heavy atom. The molecule has 0 aliphatic rings. The molecule has 1 atom stereocenters. The number of nitrogens with one attached hydrogen (secondary N) is 1. The Morgan fingerprint density at radius 1 is 0.842 bits per heavy atom. The van der Waals surface area contributed by atoms with E-state index in [2.05, 4.69) is 5.32 Å². The van der Waals surface area contributed by atoms with E-state index in [-0.39, 0.29) is 10.6 Å². The SMILES string of the molecule is Cc1ccccc1[C@H](NC(=O)CN(c1cccc(C(F)(F)F)c1)S(=O)(=O)c1ccccc1)c1ccccc1. The van der Waals surface area contributed by atoms with Crippen molar-refractivity contribution in [3.05, 3.63) is 131 Å². The largest absolute Gasteiger partial charge is 0.416 e. The molecule has 1 amide bonds. The lowest BCUT2D eigenvalue weighted by Gasteiger charge is -2.27. The molecule has 0 fully saturated rings. The van der Waals surface area contributed by atoms with E-state index in [1.165, 1.54) is 30.3 Å². The Labute approximate surface area is 219 Å². The molecule has 0 unspecified atom stereocenters. The van der Waals surface area contributed by atoms with Crippen LogP contribution in [0.1, 0.15) is 28.3 Å². The van der Waals surface area contributed by atoms with E-state index in [4.69, 9.17) is 0 Å². The van der Waals surface area contributed by atoms with Crippen LogP contribution in [-0.4, -0.2) is 20.9 Å². The summed E-state index contributed by atoms with van der Waals surface area (Å²) < 4.78 is 68.2. The minimum Gasteiger partial charge on any atom is -0.344 e. The molecule has 0 aromatic heterocycles. The third kappa shape index (κ3) is 6.06. The zero-order valence-corrected chi connectivity index (χ0v) is 21.2. The van der Waals surface area contributed by atoms with Gasteiger partial charge >= 0.3 is 6.18 Å². The lowest BCUT2D eigenvalue weighted by Crippen LogP contribution is -2.42. The Bertz CT molecular complexity index is 1510. The molecule has 4 aromatic carbocycles. The Balaban J connectivity index is 1.73. The van der Waals surface area contributed by atoms with Crippen LogP contribution in [0.4, 0.5) is 18.9 Å². The normalized spacial score (nSPS) is 12.5. The van der Waals surface area contributed by atoms with Gasteiger partial charge in [-0.2, -0.15) is 13.2 Å².